The average molecular weight is 354 g/mol. The molecule has 0 atom stereocenters. The van der Waals surface area contributed by atoms with Crippen molar-refractivity contribution in [3.63, 3.8) is 0 Å². The van der Waals surface area contributed by atoms with Gasteiger partial charge in [-0.1, -0.05) is 6.92 Å². The maximum Gasteiger partial charge on any atom is 0.148 e. The summed E-state index contributed by atoms with van der Waals surface area (Å²) in [4.78, 5) is 4.48. The van der Waals surface area contributed by atoms with Crippen molar-refractivity contribution in [2.24, 2.45) is 0 Å². The lowest BCUT2D eigenvalue weighted by Crippen LogP contribution is -1.97. The Morgan fingerprint density at radius 3 is 2.61 bits per heavy atom. The Hall–Kier alpha value is -1.30. The van der Waals surface area contributed by atoms with Gasteiger partial charge in [0.25, 0.3) is 0 Å². The molecule has 0 amide bonds. The standard InChI is InChI=1S/C14H15IN2O/c1-3-12-14(6-4-9(2)17-12)18-13-7-5-10(16)8-11(13)15/h4-8H,3,16H2,1-2H3. The van der Waals surface area contributed by atoms with Crippen LogP contribution in [0.1, 0.15) is 18.3 Å². The van der Waals surface area contributed by atoms with E-state index in [1.165, 1.54) is 0 Å². The molecule has 0 radical (unpaired) electrons. The second kappa shape index (κ2) is 5.56. The molecule has 0 aliphatic heterocycles. The number of anilines is 1. The first-order valence-corrected chi connectivity index (χ1v) is 6.87. The normalized spacial score (nSPS) is 10.4. The number of hydrogen-bond donors (Lipinski definition) is 1. The van der Waals surface area contributed by atoms with Crippen molar-refractivity contribution in [3.8, 4) is 11.5 Å². The van der Waals surface area contributed by atoms with Gasteiger partial charge >= 0.3 is 0 Å². The lowest BCUT2D eigenvalue weighted by molar-refractivity contribution is 0.469. The molecule has 0 saturated carbocycles. The molecular weight excluding hydrogens is 339 g/mol. The summed E-state index contributed by atoms with van der Waals surface area (Å²) in [6, 6.07) is 9.54. The number of benzene rings is 1. The summed E-state index contributed by atoms with van der Waals surface area (Å²) in [7, 11) is 0. The van der Waals surface area contributed by atoms with Crippen LogP contribution in [0, 0.1) is 10.5 Å². The highest BCUT2D eigenvalue weighted by Crippen LogP contribution is 2.30. The lowest BCUT2D eigenvalue weighted by Gasteiger charge is -2.11. The van der Waals surface area contributed by atoms with E-state index in [2.05, 4.69) is 34.5 Å². The summed E-state index contributed by atoms with van der Waals surface area (Å²) < 4.78 is 6.91. The number of hydrogen-bond acceptors (Lipinski definition) is 3. The first-order chi connectivity index (χ1) is 8.60. The molecule has 1 aromatic heterocycles. The van der Waals surface area contributed by atoms with Crippen LogP contribution in [0.15, 0.2) is 30.3 Å². The smallest absolute Gasteiger partial charge is 0.148 e. The number of pyridine rings is 1. The molecule has 0 fully saturated rings. The third kappa shape index (κ3) is 2.93. The first kappa shape index (κ1) is 13.1. The second-order valence-corrected chi connectivity index (χ2v) is 5.21. The maximum absolute atomic E-state index is 5.92. The topological polar surface area (TPSA) is 48.1 Å². The van der Waals surface area contributed by atoms with E-state index in [1.54, 1.807) is 0 Å². The Morgan fingerprint density at radius 1 is 1.22 bits per heavy atom. The molecule has 2 N–H and O–H groups in total. The molecule has 3 nitrogen and oxygen atoms in total. The number of nitrogens with zero attached hydrogens (tertiary/aromatic N) is 1. The number of nitrogens with two attached hydrogens (primary N) is 1. The Labute approximate surface area is 121 Å². The number of aromatic nitrogens is 1. The third-order valence-electron chi connectivity index (χ3n) is 2.58. The number of aryl methyl sites for hydroxylation is 2. The van der Waals surface area contributed by atoms with Crippen LogP contribution >= 0.6 is 22.6 Å². The van der Waals surface area contributed by atoms with Gasteiger partial charge in [-0.3, -0.25) is 4.98 Å². The van der Waals surface area contributed by atoms with E-state index in [9.17, 15) is 0 Å². The zero-order valence-corrected chi connectivity index (χ0v) is 12.6. The SMILES string of the molecule is CCc1nc(C)ccc1Oc1ccc(N)cc1I. The summed E-state index contributed by atoms with van der Waals surface area (Å²) in [6.07, 6.45) is 0.850. The van der Waals surface area contributed by atoms with Crippen molar-refractivity contribution in [2.75, 3.05) is 5.73 Å². The van der Waals surface area contributed by atoms with Gasteiger partial charge in [-0.25, -0.2) is 0 Å². The molecule has 94 valence electrons. The highest BCUT2D eigenvalue weighted by Gasteiger charge is 2.08. The predicted octanol–water partition coefficient (Wildman–Crippen LogP) is 3.93. The maximum atomic E-state index is 5.92. The molecule has 0 spiro atoms. The fourth-order valence-corrected chi connectivity index (χ4v) is 2.31. The second-order valence-electron chi connectivity index (χ2n) is 4.04. The Morgan fingerprint density at radius 2 is 1.94 bits per heavy atom. The zero-order chi connectivity index (χ0) is 13.1. The minimum absolute atomic E-state index is 0.740. The molecule has 0 saturated heterocycles. The quantitative estimate of drug-likeness (QED) is 0.671. The van der Waals surface area contributed by atoms with Gasteiger partial charge in [0.15, 0.2) is 0 Å². The summed E-state index contributed by atoms with van der Waals surface area (Å²) in [5, 5.41) is 0. The van der Waals surface area contributed by atoms with E-state index in [1.807, 2.05) is 37.3 Å². The third-order valence-corrected chi connectivity index (χ3v) is 3.43. The Kier molecular flexibility index (Phi) is 4.06. The van der Waals surface area contributed by atoms with Crippen LogP contribution in [0.4, 0.5) is 5.69 Å². The monoisotopic (exact) mass is 354 g/mol. The molecular formula is C14H15IN2O. The van der Waals surface area contributed by atoms with E-state index in [0.29, 0.717) is 0 Å². The highest BCUT2D eigenvalue weighted by atomic mass is 127. The molecule has 0 unspecified atom stereocenters. The zero-order valence-electron chi connectivity index (χ0n) is 10.4. The lowest BCUT2D eigenvalue weighted by atomic mass is 10.2. The highest BCUT2D eigenvalue weighted by molar-refractivity contribution is 14.1. The Balaban J connectivity index is 2.33. The fourth-order valence-electron chi connectivity index (χ4n) is 1.66. The predicted molar refractivity (Wildman–Crippen MR) is 82.0 cm³/mol. The van der Waals surface area contributed by atoms with Crippen molar-refractivity contribution in [3.05, 3.63) is 45.3 Å². The van der Waals surface area contributed by atoms with Crippen LogP contribution in [0.2, 0.25) is 0 Å². The molecule has 1 aromatic carbocycles. The average Bonchev–Trinajstić information content (AvgIpc) is 2.34. The van der Waals surface area contributed by atoms with Gasteiger partial charge in [0, 0.05) is 11.4 Å². The molecule has 2 aromatic rings. The van der Waals surface area contributed by atoms with Crippen molar-refractivity contribution >= 4 is 28.3 Å². The van der Waals surface area contributed by atoms with Gasteiger partial charge in [0.05, 0.1) is 9.26 Å². The van der Waals surface area contributed by atoms with Crippen molar-refractivity contribution in [1.82, 2.24) is 4.98 Å². The molecule has 1 heterocycles. The molecule has 4 heteroatoms. The first-order valence-electron chi connectivity index (χ1n) is 5.79. The van der Waals surface area contributed by atoms with Crippen LogP contribution in [0.25, 0.3) is 0 Å². The largest absolute Gasteiger partial charge is 0.454 e. The fraction of sp³-hybridized carbons (Fsp3) is 0.214. The van der Waals surface area contributed by atoms with E-state index in [0.717, 1.165) is 38.6 Å². The summed E-state index contributed by atoms with van der Waals surface area (Å²) >= 11 is 2.22. The number of rotatable bonds is 3. The van der Waals surface area contributed by atoms with Crippen LogP contribution in [-0.4, -0.2) is 4.98 Å². The van der Waals surface area contributed by atoms with Gasteiger partial charge in [-0.2, -0.15) is 0 Å². The number of halogens is 1. The van der Waals surface area contributed by atoms with Crippen molar-refractivity contribution in [1.29, 1.82) is 0 Å². The van der Waals surface area contributed by atoms with E-state index in [-0.39, 0.29) is 0 Å². The number of nitrogen functional groups attached to an aromatic ring is 1. The minimum Gasteiger partial charge on any atom is -0.454 e. The Bertz CT molecular complexity index is 570. The van der Waals surface area contributed by atoms with Gasteiger partial charge < -0.3 is 10.5 Å². The minimum atomic E-state index is 0.740. The van der Waals surface area contributed by atoms with E-state index < -0.39 is 0 Å². The summed E-state index contributed by atoms with van der Waals surface area (Å²) in [5.74, 6) is 1.62. The van der Waals surface area contributed by atoms with Crippen LogP contribution in [0.5, 0.6) is 11.5 Å². The summed E-state index contributed by atoms with van der Waals surface area (Å²) in [5.41, 5.74) is 8.44. The van der Waals surface area contributed by atoms with E-state index >= 15 is 0 Å². The van der Waals surface area contributed by atoms with Crippen molar-refractivity contribution < 1.29 is 4.74 Å². The molecule has 0 aliphatic rings. The number of ether oxygens (including phenoxy) is 1. The molecule has 2 rings (SSSR count). The van der Waals surface area contributed by atoms with Gasteiger partial charge in [-0.05, 0) is 66.3 Å². The van der Waals surface area contributed by atoms with Gasteiger partial charge in [-0.15, -0.1) is 0 Å². The summed E-state index contributed by atoms with van der Waals surface area (Å²) in [6.45, 7) is 4.05. The van der Waals surface area contributed by atoms with Crippen LogP contribution in [0.3, 0.4) is 0 Å². The molecule has 0 aliphatic carbocycles. The van der Waals surface area contributed by atoms with Gasteiger partial charge in [0.2, 0.25) is 0 Å². The van der Waals surface area contributed by atoms with E-state index in [4.69, 9.17) is 10.5 Å². The van der Waals surface area contributed by atoms with Gasteiger partial charge in [0.1, 0.15) is 11.5 Å². The molecule has 18 heavy (non-hydrogen) atoms. The van der Waals surface area contributed by atoms with Crippen LogP contribution < -0.4 is 10.5 Å². The van der Waals surface area contributed by atoms with Crippen LogP contribution in [-0.2, 0) is 6.42 Å². The van der Waals surface area contributed by atoms with Crippen molar-refractivity contribution in [2.45, 2.75) is 20.3 Å². The molecule has 0 bridgehead atoms.